The number of amides is 2. The molecule has 0 saturated heterocycles. The van der Waals surface area contributed by atoms with Gasteiger partial charge in [-0.05, 0) is 43.7 Å². The molecule has 33 heavy (non-hydrogen) atoms. The van der Waals surface area contributed by atoms with E-state index in [2.05, 4.69) is 27.4 Å². The van der Waals surface area contributed by atoms with Gasteiger partial charge in [0.25, 0.3) is 0 Å². The molecule has 1 unspecified atom stereocenters. The number of anilines is 2. The van der Waals surface area contributed by atoms with Crippen LogP contribution in [-0.4, -0.2) is 31.8 Å². The number of nitrogens with one attached hydrogen (secondary N) is 2. The summed E-state index contributed by atoms with van der Waals surface area (Å²) in [5, 5.41) is 15.0. The second kappa shape index (κ2) is 11.4. The van der Waals surface area contributed by atoms with Crippen LogP contribution in [0.4, 0.5) is 11.4 Å². The summed E-state index contributed by atoms with van der Waals surface area (Å²) in [4.78, 5) is 25.2. The first-order valence-corrected chi connectivity index (χ1v) is 11.7. The van der Waals surface area contributed by atoms with Crippen LogP contribution in [0, 0.1) is 6.92 Å². The first-order chi connectivity index (χ1) is 15.8. The van der Waals surface area contributed by atoms with E-state index in [1.807, 2.05) is 13.0 Å². The van der Waals surface area contributed by atoms with E-state index in [1.165, 1.54) is 11.8 Å². The van der Waals surface area contributed by atoms with Gasteiger partial charge in [0.1, 0.15) is 5.82 Å². The normalized spacial score (nSPS) is 11.6. The second-order valence-corrected chi connectivity index (χ2v) is 9.34. The Morgan fingerprint density at radius 1 is 1.15 bits per heavy atom. The van der Waals surface area contributed by atoms with E-state index in [0.29, 0.717) is 38.9 Å². The average molecular weight is 504 g/mol. The van der Waals surface area contributed by atoms with Crippen LogP contribution in [0.5, 0.6) is 0 Å². The van der Waals surface area contributed by atoms with E-state index >= 15 is 0 Å². The second-order valence-electron chi connectivity index (χ2n) is 7.22. The van der Waals surface area contributed by atoms with E-state index < -0.39 is 5.25 Å². The Bertz CT molecular complexity index is 1180. The topological polar surface area (TPSA) is 88.9 Å². The minimum atomic E-state index is -0.481. The molecule has 2 N–H and O–H groups in total. The number of rotatable bonds is 9. The highest BCUT2D eigenvalue weighted by molar-refractivity contribution is 8.00. The van der Waals surface area contributed by atoms with Crippen molar-refractivity contribution in [3.8, 4) is 0 Å². The van der Waals surface area contributed by atoms with Crippen molar-refractivity contribution in [2.24, 2.45) is 0 Å². The summed E-state index contributed by atoms with van der Waals surface area (Å²) in [5.74, 6) is -0.0164. The van der Waals surface area contributed by atoms with Gasteiger partial charge in [-0.2, -0.15) is 0 Å². The summed E-state index contributed by atoms with van der Waals surface area (Å²) in [6, 6.07) is 12.3. The molecule has 10 heteroatoms. The summed E-state index contributed by atoms with van der Waals surface area (Å²) < 4.78 is 1.76. The van der Waals surface area contributed by atoms with E-state index in [0.717, 1.165) is 5.56 Å². The lowest BCUT2D eigenvalue weighted by Gasteiger charge is -2.13. The minimum absolute atomic E-state index is 0.00704. The minimum Gasteiger partial charge on any atom is -0.326 e. The van der Waals surface area contributed by atoms with Gasteiger partial charge in [-0.3, -0.25) is 9.59 Å². The summed E-state index contributed by atoms with van der Waals surface area (Å²) in [6.45, 7) is 7.81. The fourth-order valence-electron chi connectivity index (χ4n) is 2.88. The van der Waals surface area contributed by atoms with Crippen molar-refractivity contribution in [2.45, 2.75) is 37.2 Å². The molecule has 3 rings (SSSR count). The number of para-hydroxylation sites is 1. The number of hydrogen-bond donors (Lipinski definition) is 2. The molecule has 3 aromatic rings. The maximum atomic E-state index is 12.6. The van der Waals surface area contributed by atoms with E-state index in [1.54, 1.807) is 54.0 Å². The molecule has 0 saturated carbocycles. The maximum Gasteiger partial charge on any atom is 0.237 e. The van der Waals surface area contributed by atoms with E-state index in [4.69, 9.17) is 23.2 Å². The van der Waals surface area contributed by atoms with Crippen LogP contribution < -0.4 is 10.6 Å². The number of benzene rings is 2. The summed E-state index contributed by atoms with van der Waals surface area (Å²) in [7, 11) is 0. The van der Waals surface area contributed by atoms with Crippen LogP contribution in [0.2, 0.25) is 10.0 Å². The highest BCUT2D eigenvalue weighted by Gasteiger charge is 2.21. The molecule has 0 aliphatic rings. The predicted molar refractivity (Wildman–Crippen MR) is 134 cm³/mol. The van der Waals surface area contributed by atoms with Crippen molar-refractivity contribution in [2.75, 3.05) is 10.6 Å². The molecular formula is C23H23Cl2N5O2S. The Balaban J connectivity index is 1.68. The van der Waals surface area contributed by atoms with Crippen LogP contribution in [0.3, 0.4) is 0 Å². The Labute approximate surface area is 206 Å². The SMILES string of the molecule is C=CCn1c(CC(=O)Nc2ccc(C)c(Cl)c2)nnc1SC(C)C(=O)Nc1ccccc1Cl. The number of thioether (sulfide) groups is 1. The zero-order valence-corrected chi connectivity index (χ0v) is 20.5. The van der Waals surface area contributed by atoms with Crippen LogP contribution in [0.15, 0.2) is 60.3 Å². The predicted octanol–water partition coefficient (Wildman–Crippen LogP) is 5.38. The lowest BCUT2D eigenvalue weighted by molar-refractivity contribution is -0.116. The van der Waals surface area contributed by atoms with Gasteiger partial charge in [0.15, 0.2) is 5.16 Å². The molecular weight excluding hydrogens is 481 g/mol. The number of hydrogen-bond acceptors (Lipinski definition) is 5. The molecule has 2 aromatic carbocycles. The zero-order valence-electron chi connectivity index (χ0n) is 18.1. The molecule has 172 valence electrons. The Kier molecular flexibility index (Phi) is 8.55. The molecule has 0 bridgehead atoms. The van der Waals surface area contributed by atoms with Gasteiger partial charge in [0, 0.05) is 17.3 Å². The highest BCUT2D eigenvalue weighted by Crippen LogP contribution is 2.26. The first-order valence-electron chi connectivity index (χ1n) is 10.1. The number of aromatic nitrogens is 3. The summed E-state index contributed by atoms with van der Waals surface area (Å²) >= 11 is 13.5. The molecule has 1 aromatic heterocycles. The highest BCUT2D eigenvalue weighted by atomic mass is 35.5. The van der Waals surface area contributed by atoms with Crippen molar-refractivity contribution < 1.29 is 9.59 Å². The fourth-order valence-corrected chi connectivity index (χ4v) is 4.12. The fraction of sp³-hybridized carbons (Fsp3) is 0.217. The van der Waals surface area contributed by atoms with Gasteiger partial charge in [0.2, 0.25) is 11.8 Å². The van der Waals surface area contributed by atoms with Gasteiger partial charge in [0.05, 0.1) is 22.4 Å². The number of carbonyl (C=O) groups excluding carboxylic acids is 2. The van der Waals surface area contributed by atoms with E-state index in [-0.39, 0.29) is 18.2 Å². The molecule has 2 amide bonds. The third-order valence-electron chi connectivity index (χ3n) is 4.66. The largest absolute Gasteiger partial charge is 0.326 e. The first kappa shape index (κ1) is 24.8. The number of halogens is 2. The third-order valence-corrected chi connectivity index (χ3v) is 6.48. The van der Waals surface area contributed by atoms with Gasteiger partial charge in [-0.15, -0.1) is 16.8 Å². The molecule has 7 nitrogen and oxygen atoms in total. The number of aryl methyl sites for hydroxylation is 1. The quantitative estimate of drug-likeness (QED) is 0.302. The van der Waals surface area contributed by atoms with Crippen molar-refractivity contribution in [3.05, 3.63) is 76.6 Å². The average Bonchev–Trinajstić information content (AvgIpc) is 3.13. The Morgan fingerprint density at radius 2 is 1.91 bits per heavy atom. The number of allylic oxidation sites excluding steroid dienone is 1. The van der Waals surface area contributed by atoms with Crippen LogP contribution in [0.25, 0.3) is 0 Å². The summed E-state index contributed by atoms with van der Waals surface area (Å²) in [6.07, 6.45) is 1.69. The molecule has 0 aliphatic heterocycles. The zero-order chi connectivity index (χ0) is 24.0. The van der Waals surface area contributed by atoms with E-state index in [9.17, 15) is 9.59 Å². The summed E-state index contributed by atoms with van der Waals surface area (Å²) in [5.41, 5.74) is 2.07. The molecule has 0 aliphatic carbocycles. The van der Waals surface area contributed by atoms with Crippen molar-refractivity contribution in [3.63, 3.8) is 0 Å². The third kappa shape index (κ3) is 6.60. The molecule has 1 heterocycles. The number of carbonyl (C=O) groups is 2. The van der Waals surface area contributed by atoms with Gasteiger partial charge < -0.3 is 15.2 Å². The van der Waals surface area contributed by atoms with Crippen molar-refractivity contribution in [1.29, 1.82) is 0 Å². The number of nitrogens with zero attached hydrogens (tertiary/aromatic N) is 3. The molecule has 1 atom stereocenters. The molecule has 0 spiro atoms. The van der Waals surface area contributed by atoms with Gasteiger partial charge in [-0.25, -0.2) is 0 Å². The van der Waals surface area contributed by atoms with Crippen LogP contribution in [-0.2, 0) is 22.6 Å². The molecule has 0 radical (unpaired) electrons. The Morgan fingerprint density at radius 3 is 2.61 bits per heavy atom. The van der Waals surface area contributed by atoms with Crippen molar-refractivity contribution in [1.82, 2.24) is 14.8 Å². The smallest absolute Gasteiger partial charge is 0.237 e. The van der Waals surface area contributed by atoms with Gasteiger partial charge >= 0.3 is 0 Å². The van der Waals surface area contributed by atoms with Gasteiger partial charge in [-0.1, -0.05) is 59.2 Å². The maximum absolute atomic E-state index is 12.6. The lowest BCUT2D eigenvalue weighted by atomic mass is 10.2. The standard InChI is InChI=1S/C23H23Cl2N5O2S/c1-4-11-30-20(13-21(31)26-16-10-9-14(2)18(25)12-16)28-29-23(30)33-15(3)22(32)27-19-8-6-5-7-17(19)24/h4-10,12,15H,1,11,13H2,2-3H3,(H,26,31)(H,27,32). The monoisotopic (exact) mass is 503 g/mol. The van der Waals surface area contributed by atoms with Crippen molar-refractivity contribution >= 4 is 58.2 Å². The van der Waals surface area contributed by atoms with Crippen LogP contribution >= 0.6 is 35.0 Å². The lowest BCUT2D eigenvalue weighted by Crippen LogP contribution is -2.23. The molecule has 0 fully saturated rings. The Hall–Kier alpha value is -2.81. The van der Waals surface area contributed by atoms with Crippen LogP contribution in [0.1, 0.15) is 18.3 Å².